The molecule has 2 N–H and O–H groups in total. The van der Waals surface area contributed by atoms with Gasteiger partial charge in [0.05, 0.1) is 0 Å². The summed E-state index contributed by atoms with van der Waals surface area (Å²) in [5, 5.41) is 0. The van der Waals surface area contributed by atoms with E-state index in [4.69, 9.17) is 10.5 Å². The lowest BCUT2D eigenvalue weighted by Crippen LogP contribution is -2.44. The highest BCUT2D eigenvalue weighted by Gasteiger charge is 2.40. The maximum atomic E-state index is 13.7. The molecule has 0 saturated heterocycles. The van der Waals surface area contributed by atoms with Crippen molar-refractivity contribution in [3.05, 3.63) is 35.9 Å². The average Bonchev–Trinajstić information content (AvgIpc) is 2.28. The monoisotopic (exact) mass is 211 g/mol. The van der Waals surface area contributed by atoms with Crippen LogP contribution in [-0.2, 0) is 15.1 Å². The maximum absolute atomic E-state index is 13.7. The Morgan fingerprint density at radius 2 is 2.00 bits per heavy atom. The van der Waals surface area contributed by atoms with Gasteiger partial charge in [0.15, 0.2) is 0 Å². The highest BCUT2D eigenvalue weighted by Crippen LogP contribution is 2.30. The Bertz CT molecular complexity index is 342. The Morgan fingerprint density at radius 3 is 2.40 bits per heavy atom. The minimum Gasteiger partial charge on any atom is -0.370 e. The number of carbonyl (C=O) groups excluding carboxylic acids is 1. The van der Waals surface area contributed by atoms with Crippen molar-refractivity contribution in [1.29, 1.82) is 0 Å². The van der Waals surface area contributed by atoms with E-state index >= 15 is 0 Å². The summed E-state index contributed by atoms with van der Waals surface area (Å²) in [5.41, 5.74) is 4.20. The van der Waals surface area contributed by atoms with E-state index in [9.17, 15) is 9.18 Å². The normalized spacial score (nSPS) is 16.7. The van der Waals surface area contributed by atoms with Crippen LogP contribution in [0.4, 0.5) is 4.39 Å². The number of carbonyl (C=O) groups is 1. The minimum absolute atomic E-state index is 0.582. The molecule has 0 aliphatic heterocycles. The maximum Gasteiger partial charge on any atom is 0.255 e. The van der Waals surface area contributed by atoms with Gasteiger partial charge in [0.1, 0.15) is 5.60 Å². The van der Waals surface area contributed by atoms with Gasteiger partial charge >= 0.3 is 0 Å². The van der Waals surface area contributed by atoms with Gasteiger partial charge in [-0.2, -0.15) is 0 Å². The van der Waals surface area contributed by atoms with Gasteiger partial charge in [-0.05, 0) is 12.5 Å². The molecule has 4 heteroatoms. The molecule has 1 aromatic carbocycles. The molecule has 0 heterocycles. The van der Waals surface area contributed by atoms with Crippen molar-refractivity contribution in [3.8, 4) is 0 Å². The van der Waals surface area contributed by atoms with E-state index in [0.717, 1.165) is 0 Å². The van der Waals surface area contributed by atoms with Crippen molar-refractivity contribution in [2.75, 3.05) is 7.11 Å². The lowest BCUT2D eigenvalue weighted by atomic mass is 9.90. The van der Waals surface area contributed by atoms with Crippen molar-refractivity contribution in [1.82, 2.24) is 0 Å². The zero-order valence-electron chi connectivity index (χ0n) is 8.74. The smallest absolute Gasteiger partial charge is 0.255 e. The van der Waals surface area contributed by atoms with Gasteiger partial charge in [0, 0.05) is 7.11 Å². The fourth-order valence-corrected chi connectivity index (χ4v) is 1.41. The summed E-state index contributed by atoms with van der Waals surface area (Å²) in [6, 6.07) is 8.69. The molecular weight excluding hydrogens is 197 g/mol. The molecule has 0 fully saturated rings. The summed E-state index contributed by atoms with van der Waals surface area (Å²) in [4.78, 5) is 10.8. The molecule has 82 valence electrons. The van der Waals surface area contributed by atoms with Crippen LogP contribution in [0.15, 0.2) is 30.3 Å². The molecule has 0 saturated carbocycles. The van der Waals surface area contributed by atoms with Crippen LogP contribution in [0.1, 0.15) is 12.5 Å². The fourth-order valence-electron chi connectivity index (χ4n) is 1.41. The number of primary amides is 1. The van der Waals surface area contributed by atoms with Gasteiger partial charge in [0.25, 0.3) is 5.91 Å². The quantitative estimate of drug-likeness (QED) is 0.817. The van der Waals surface area contributed by atoms with Crippen molar-refractivity contribution >= 4 is 5.91 Å². The predicted octanol–water partition coefficient (Wildman–Crippen LogP) is 1.37. The average molecular weight is 211 g/mol. The zero-order valence-corrected chi connectivity index (χ0v) is 8.74. The lowest BCUT2D eigenvalue weighted by molar-refractivity contribution is -0.136. The van der Waals surface area contributed by atoms with Crippen LogP contribution in [0.2, 0.25) is 0 Å². The molecule has 1 rings (SSSR count). The summed E-state index contributed by atoms with van der Waals surface area (Å²) >= 11 is 0. The molecule has 0 aliphatic rings. The van der Waals surface area contributed by atoms with Crippen molar-refractivity contribution in [2.24, 2.45) is 5.73 Å². The summed E-state index contributed by atoms with van der Waals surface area (Å²) in [6.45, 7) is 1.50. The first kappa shape index (κ1) is 11.7. The number of benzene rings is 1. The van der Waals surface area contributed by atoms with Gasteiger partial charge < -0.3 is 10.5 Å². The second-order valence-corrected chi connectivity index (χ2v) is 3.44. The molecule has 2 atom stereocenters. The van der Waals surface area contributed by atoms with E-state index in [0.29, 0.717) is 5.56 Å². The van der Waals surface area contributed by atoms with E-state index in [1.54, 1.807) is 30.3 Å². The molecule has 3 nitrogen and oxygen atoms in total. The standard InChI is InChI=1S/C11H14FNO2/c1-11(15-2,9(12)10(13)14)8-6-4-3-5-7-8/h3-7,9H,1-2H3,(H2,13,14). The molecule has 1 aromatic rings. The van der Waals surface area contributed by atoms with Crippen LogP contribution < -0.4 is 5.73 Å². The highest BCUT2D eigenvalue weighted by molar-refractivity contribution is 5.80. The zero-order chi connectivity index (χ0) is 11.5. The fraction of sp³-hybridized carbons (Fsp3) is 0.364. The second kappa shape index (κ2) is 4.40. The van der Waals surface area contributed by atoms with Crippen molar-refractivity contribution in [2.45, 2.75) is 18.7 Å². The number of alkyl halides is 1. The number of methoxy groups -OCH3 is 1. The Morgan fingerprint density at radius 1 is 1.47 bits per heavy atom. The predicted molar refractivity (Wildman–Crippen MR) is 54.9 cm³/mol. The van der Waals surface area contributed by atoms with Gasteiger partial charge in [-0.25, -0.2) is 4.39 Å². The second-order valence-electron chi connectivity index (χ2n) is 3.44. The first-order valence-corrected chi connectivity index (χ1v) is 4.56. The van der Waals surface area contributed by atoms with Crippen LogP contribution >= 0.6 is 0 Å². The van der Waals surface area contributed by atoms with Gasteiger partial charge in [0.2, 0.25) is 6.17 Å². The molecule has 1 amide bonds. The number of nitrogens with two attached hydrogens (primary N) is 1. The number of amides is 1. The van der Waals surface area contributed by atoms with Crippen LogP contribution in [-0.4, -0.2) is 19.2 Å². The lowest BCUT2D eigenvalue weighted by Gasteiger charge is -2.30. The third kappa shape index (κ3) is 2.15. The number of hydrogen-bond acceptors (Lipinski definition) is 2. The summed E-state index contributed by atoms with van der Waals surface area (Å²) in [6.07, 6.45) is -1.87. The van der Waals surface area contributed by atoms with Crippen LogP contribution in [0.25, 0.3) is 0 Å². The Labute approximate surface area is 88.0 Å². The first-order valence-electron chi connectivity index (χ1n) is 4.56. The summed E-state index contributed by atoms with van der Waals surface area (Å²) in [7, 11) is 1.35. The van der Waals surface area contributed by atoms with E-state index in [1.165, 1.54) is 14.0 Å². The van der Waals surface area contributed by atoms with Crippen molar-refractivity contribution in [3.63, 3.8) is 0 Å². The molecular formula is C11H14FNO2. The summed E-state index contributed by atoms with van der Waals surface area (Å²) < 4.78 is 18.7. The Balaban J connectivity index is 3.11. The molecule has 15 heavy (non-hydrogen) atoms. The van der Waals surface area contributed by atoms with Crippen LogP contribution in [0.5, 0.6) is 0 Å². The van der Waals surface area contributed by atoms with E-state index in [-0.39, 0.29) is 0 Å². The van der Waals surface area contributed by atoms with Crippen LogP contribution in [0.3, 0.4) is 0 Å². The number of halogens is 1. The van der Waals surface area contributed by atoms with Gasteiger partial charge in [-0.1, -0.05) is 30.3 Å². The number of ether oxygens (including phenoxy) is 1. The van der Waals surface area contributed by atoms with Gasteiger partial charge in [-0.15, -0.1) is 0 Å². The van der Waals surface area contributed by atoms with Crippen molar-refractivity contribution < 1.29 is 13.9 Å². The Kier molecular flexibility index (Phi) is 3.42. The topological polar surface area (TPSA) is 52.3 Å². The third-order valence-corrected chi connectivity index (χ3v) is 2.50. The molecule has 0 radical (unpaired) electrons. The first-order chi connectivity index (χ1) is 7.02. The molecule has 0 aliphatic carbocycles. The number of hydrogen-bond donors (Lipinski definition) is 1. The van der Waals surface area contributed by atoms with Crippen LogP contribution in [0, 0.1) is 0 Å². The molecule has 0 spiro atoms. The van der Waals surface area contributed by atoms with E-state index in [1.807, 2.05) is 0 Å². The SMILES string of the molecule is COC(C)(c1ccccc1)C(F)C(N)=O. The molecule has 0 bridgehead atoms. The Hall–Kier alpha value is -1.42. The number of rotatable bonds is 4. The van der Waals surface area contributed by atoms with Gasteiger partial charge in [-0.3, -0.25) is 4.79 Å². The minimum atomic E-state index is -1.87. The summed E-state index contributed by atoms with van der Waals surface area (Å²) in [5.74, 6) is -1.02. The largest absolute Gasteiger partial charge is 0.370 e. The molecule has 0 aromatic heterocycles. The van der Waals surface area contributed by atoms with E-state index < -0.39 is 17.7 Å². The third-order valence-electron chi connectivity index (χ3n) is 2.50. The molecule has 2 unspecified atom stereocenters. The highest BCUT2D eigenvalue weighted by atomic mass is 19.1. The van der Waals surface area contributed by atoms with E-state index in [2.05, 4.69) is 0 Å².